The molecule has 0 unspecified atom stereocenters. The number of anilines is 2. The summed E-state index contributed by atoms with van der Waals surface area (Å²) in [5.74, 6) is 0. The Morgan fingerprint density at radius 2 is 1.62 bits per heavy atom. The maximum absolute atomic E-state index is 12.6. The van der Waals surface area contributed by atoms with Crippen LogP contribution >= 0.6 is 11.6 Å². The van der Waals surface area contributed by atoms with Crippen LogP contribution in [0.1, 0.15) is 25.7 Å². The molecule has 162 valence electrons. The second kappa shape index (κ2) is 9.05. The summed E-state index contributed by atoms with van der Waals surface area (Å²) < 4.78 is 0. The lowest BCUT2D eigenvalue weighted by molar-refractivity contribution is 0.243. The quantitative estimate of drug-likeness (QED) is 0.332. The van der Waals surface area contributed by atoms with Crippen LogP contribution in [-0.2, 0) is 0 Å². The summed E-state index contributed by atoms with van der Waals surface area (Å²) in [5.41, 5.74) is 2.81. The van der Waals surface area contributed by atoms with E-state index in [1.54, 1.807) is 0 Å². The van der Waals surface area contributed by atoms with E-state index in [1.165, 1.54) is 0 Å². The zero-order chi connectivity index (χ0) is 21.9. The van der Waals surface area contributed by atoms with E-state index < -0.39 is 0 Å². The maximum Gasteiger partial charge on any atom is 0.319 e. The van der Waals surface area contributed by atoms with Gasteiger partial charge >= 0.3 is 6.03 Å². The van der Waals surface area contributed by atoms with Gasteiger partial charge in [-0.3, -0.25) is 4.98 Å². The number of carbonyl (C=O) groups excluding carboxylic acids is 1. The summed E-state index contributed by atoms with van der Waals surface area (Å²) in [4.78, 5) is 17.0. The molecule has 2 amide bonds. The first-order valence-electron chi connectivity index (χ1n) is 11.0. The summed E-state index contributed by atoms with van der Waals surface area (Å²) >= 11 is 6.10. The molecule has 0 bridgehead atoms. The summed E-state index contributed by atoms with van der Waals surface area (Å²) in [7, 11) is 0. The molecule has 1 aromatic heterocycles. The van der Waals surface area contributed by atoms with Crippen LogP contribution < -0.4 is 16.0 Å². The molecule has 1 aliphatic carbocycles. The Morgan fingerprint density at radius 1 is 0.844 bits per heavy atom. The Hall–Kier alpha value is -3.31. The minimum atomic E-state index is -0.144. The molecule has 0 saturated heterocycles. The van der Waals surface area contributed by atoms with E-state index in [0.717, 1.165) is 58.7 Å². The van der Waals surface area contributed by atoms with Crippen molar-refractivity contribution >= 4 is 50.7 Å². The van der Waals surface area contributed by atoms with Crippen LogP contribution in [0.15, 0.2) is 72.9 Å². The Balaban J connectivity index is 1.17. The van der Waals surface area contributed by atoms with Crippen molar-refractivity contribution in [3.8, 4) is 0 Å². The van der Waals surface area contributed by atoms with Crippen LogP contribution in [-0.4, -0.2) is 23.1 Å². The number of urea groups is 1. The topological polar surface area (TPSA) is 66.1 Å². The number of rotatable bonds is 4. The number of amides is 2. The first kappa shape index (κ1) is 20.6. The average Bonchev–Trinajstić information content (AvgIpc) is 2.80. The van der Waals surface area contributed by atoms with Crippen LogP contribution in [0.2, 0.25) is 5.02 Å². The molecule has 3 N–H and O–H groups in total. The van der Waals surface area contributed by atoms with Crippen LogP contribution in [0, 0.1) is 0 Å². The van der Waals surface area contributed by atoms with Gasteiger partial charge in [0.1, 0.15) is 0 Å². The van der Waals surface area contributed by atoms with Gasteiger partial charge in [-0.05, 0) is 61.4 Å². The maximum atomic E-state index is 12.6. The molecular formula is C26H25ClN4O. The van der Waals surface area contributed by atoms with Crippen molar-refractivity contribution in [3.05, 3.63) is 77.9 Å². The molecule has 5 nitrogen and oxygen atoms in total. The van der Waals surface area contributed by atoms with Crippen molar-refractivity contribution in [2.24, 2.45) is 0 Å². The highest BCUT2D eigenvalue weighted by molar-refractivity contribution is 6.31. The van der Waals surface area contributed by atoms with Crippen molar-refractivity contribution in [2.45, 2.75) is 37.8 Å². The Labute approximate surface area is 192 Å². The van der Waals surface area contributed by atoms with E-state index in [1.807, 2.05) is 72.9 Å². The molecule has 4 aromatic rings. The molecule has 0 radical (unpaired) electrons. The third-order valence-electron chi connectivity index (χ3n) is 6.16. The number of aromatic nitrogens is 1. The lowest BCUT2D eigenvalue weighted by atomic mass is 9.91. The highest BCUT2D eigenvalue weighted by atomic mass is 35.5. The van der Waals surface area contributed by atoms with Crippen LogP contribution in [0.3, 0.4) is 0 Å². The van der Waals surface area contributed by atoms with Gasteiger partial charge in [0.25, 0.3) is 0 Å². The predicted molar refractivity (Wildman–Crippen MR) is 133 cm³/mol. The molecule has 1 saturated carbocycles. The predicted octanol–water partition coefficient (Wildman–Crippen LogP) is 6.59. The van der Waals surface area contributed by atoms with Gasteiger partial charge in [0.2, 0.25) is 0 Å². The zero-order valence-corrected chi connectivity index (χ0v) is 18.4. The average molecular weight is 445 g/mol. The second-order valence-electron chi connectivity index (χ2n) is 8.34. The summed E-state index contributed by atoms with van der Waals surface area (Å²) in [6, 6.07) is 22.2. The van der Waals surface area contributed by atoms with Crippen LogP contribution in [0.5, 0.6) is 0 Å². The fourth-order valence-corrected chi connectivity index (χ4v) is 4.69. The number of nitrogens with zero attached hydrogens (tertiary/aromatic N) is 1. The number of carbonyl (C=O) groups is 1. The smallest absolute Gasteiger partial charge is 0.319 e. The first-order chi connectivity index (χ1) is 15.7. The van der Waals surface area contributed by atoms with Crippen molar-refractivity contribution in [1.82, 2.24) is 10.3 Å². The minimum Gasteiger partial charge on any atom is -0.382 e. The standard InChI is InChI=1S/C26H25ClN4O/c27-18-8-13-22-24(14-15-28-25(22)16-18)29-19-9-11-20(12-10-19)30-26(32)31-23-7-3-5-17-4-1-2-6-21(17)23/h1-8,13-16,19-20H,9-12H2,(H,28,29)(H2,30,31,32). The SMILES string of the molecule is O=C(Nc1cccc2ccccc12)NC1CCC(Nc2ccnc3cc(Cl)ccc23)CC1. The molecule has 0 aliphatic heterocycles. The van der Waals surface area contributed by atoms with Gasteiger partial charge in [0.15, 0.2) is 0 Å². The fraction of sp³-hybridized carbons (Fsp3) is 0.231. The van der Waals surface area contributed by atoms with Gasteiger partial charge in [-0.15, -0.1) is 0 Å². The largest absolute Gasteiger partial charge is 0.382 e. The van der Waals surface area contributed by atoms with Crippen LogP contribution in [0.25, 0.3) is 21.7 Å². The molecule has 0 atom stereocenters. The number of pyridine rings is 1. The number of fused-ring (bicyclic) bond motifs is 2. The Morgan fingerprint density at radius 3 is 2.50 bits per heavy atom. The van der Waals surface area contributed by atoms with Gasteiger partial charge < -0.3 is 16.0 Å². The van der Waals surface area contributed by atoms with Crippen LogP contribution in [0.4, 0.5) is 16.2 Å². The summed E-state index contributed by atoms with van der Waals surface area (Å²) in [6.45, 7) is 0. The number of halogens is 1. The van der Waals surface area contributed by atoms with Crippen molar-refractivity contribution in [3.63, 3.8) is 0 Å². The molecule has 0 spiro atoms. The van der Waals surface area contributed by atoms with E-state index in [-0.39, 0.29) is 12.1 Å². The summed E-state index contributed by atoms with van der Waals surface area (Å²) in [6.07, 6.45) is 5.68. The molecular weight excluding hydrogens is 420 g/mol. The molecule has 3 aromatic carbocycles. The highest BCUT2D eigenvalue weighted by Gasteiger charge is 2.23. The monoisotopic (exact) mass is 444 g/mol. The normalized spacial score (nSPS) is 18.4. The number of benzene rings is 3. The van der Waals surface area contributed by atoms with Gasteiger partial charge in [0.05, 0.1) is 11.2 Å². The zero-order valence-electron chi connectivity index (χ0n) is 17.6. The fourth-order valence-electron chi connectivity index (χ4n) is 4.53. The van der Waals surface area contributed by atoms with Gasteiger partial charge in [-0.25, -0.2) is 4.79 Å². The van der Waals surface area contributed by atoms with E-state index >= 15 is 0 Å². The molecule has 5 rings (SSSR count). The van der Waals surface area contributed by atoms with Crippen molar-refractivity contribution < 1.29 is 4.79 Å². The molecule has 1 fully saturated rings. The number of nitrogens with one attached hydrogen (secondary N) is 3. The number of hydrogen-bond donors (Lipinski definition) is 3. The first-order valence-corrected chi connectivity index (χ1v) is 11.4. The molecule has 1 aliphatic rings. The van der Waals surface area contributed by atoms with E-state index in [4.69, 9.17) is 11.6 Å². The van der Waals surface area contributed by atoms with Crippen molar-refractivity contribution in [2.75, 3.05) is 10.6 Å². The number of hydrogen-bond acceptors (Lipinski definition) is 3. The second-order valence-corrected chi connectivity index (χ2v) is 8.77. The molecule has 32 heavy (non-hydrogen) atoms. The van der Waals surface area contributed by atoms with E-state index in [0.29, 0.717) is 11.1 Å². The van der Waals surface area contributed by atoms with Crippen molar-refractivity contribution in [1.29, 1.82) is 0 Å². The molecule has 1 heterocycles. The van der Waals surface area contributed by atoms with Gasteiger partial charge in [-0.1, -0.05) is 48.0 Å². The lowest BCUT2D eigenvalue weighted by Gasteiger charge is -2.30. The van der Waals surface area contributed by atoms with Gasteiger partial charge in [-0.2, -0.15) is 0 Å². The third-order valence-corrected chi connectivity index (χ3v) is 6.40. The Bertz CT molecular complexity index is 1260. The third kappa shape index (κ3) is 4.48. The summed E-state index contributed by atoms with van der Waals surface area (Å²) in [5, 5.41) is 13.8. The molecule has 6 heteroatoms. The highest BCUT2D eigenvalue weighted by Crippen LogP contribution is 2.28. The van der Waals surface area contributed by atoms with E-state index in [2.05, 4.69) is 20.9 Å². The lowest BCUT2D eigenvalue weighted by Crippen LogP contribution is -2.42. The van der Waals surface area contributed by atoms with Gasteiger partial charge in [0, 0.05) is 39.8 Å². The Kier molecular flexibility index (Phi) is 5.82. The minimum absolute atomic E-state index is 0.144. The van der Waals surface area contributed by atoms with E-state index in [9.17, 15) is 4.79 Å².